The molecule has 0 fully saturated rings. The van der Waals surface area contributed by atoms with E-state index < -0.39 is 30.9 Å². The molecular weight excluding hydrogens is 361 g/mol. The molecular formula is C15H13F3N2O4S. The van der Waals surface area contributed by atoms with Crippen molar-refractivity contribution in [2.24, 2.45) is 0 Å². The van der Waals surface area contributed by atoms with Crippen molar-refractivity contribution in [2.75, 3.05) is 5.32 Å². The lowest BCUT2D eigenvalue weighted by molar-refractivity contribution is -0.384. The normalized spacial score (nSPS) is 13.3. The number of alkyl halides is 3. The van der Waals surface area contributed by atoms with Gasteiger partial charge in [-0.05, 0) is 24.6 Å². The number of hydrogen-bond donors (Lipinski definition) is 1. The van der Waals surface area contributed by atoms with Crippen LogP contribution < -0.4 is 5.32 Å². The first-order valence-electron chi connectivity index (χ1n) is 6.95. The number of rotatable bonds is 5. The summed E-state index contributed by atoms with van der Waals surface area (Å²) in [7, 11) is -5.66. The Kier molecular flexibility index (Phi) is 5.02. The molecule has 1 N–H and O–H groups in total. The summed E-state index contributed by atoms with van der Waals surface area (Å²) in [5.74, 6) is 0. The molecule has 0 saturated carbocycles. The van der Waals surface area contributed by atoms with Gasteiger partial charge in [-0.2, -0.15) is 13.2 Å². The van der Waals surface area contributed by atoms with Gasteiger partial charge in [0.05, 0.1) is 9.82 Å². The molecule has 10 heteroatoms. The average molecular weight is 374 g/mol. The van der Waals surface area contributed by atoms with Gasteiger partial charge >= 0.3 is 5.51 Å². The van der Waals surface area contributed by atoms with E-state index in [0.29, 0.717) is 12.1 Å². The van der Waals surface area contributed by atoms with E-state index in [-0.39, 0.29) is 11.7 Å². The Morgan fingerprint density at radius 1 is 1.12 bits per heavy atom. The third kappa shape index (κ3) is 3.90. The molecule has 1 unspecified atom stereocenters. The van der Waals surface area contributed by atoms with Gasteiger partial charge in [0.1, 0.15) is 5.69 Å². The van der Waals surface area contributed by atoms with Crippen molar-refractivity contribution in [3.05, 3.63) is 64.2 Å². The summed E-state index contributed by atoms with van der Waals surface area (Å²) in [6.07, 6.45) is 0. The third-order valence-electron chi connectivity index (χ3n) is 3.45. The highest BCUT2D eigenvalue weighted by Gasteiger charge is 2.47. The van der Waals surface area contributed by atoms with E-state index in [1.54, 1.807) is 37.3 Å². The predicted octanol–water partition coefficient (Wildman–Crippen LogP) is 4.06. The summed E-state index contributed by atoms with van der Waals surface area (Å²) in [5, 5.41) is 14.0. The number of sulfone groups is 1. The number of nitrogens with one attached hydrogen (secondary N) is 1. The maximum Gasteiger partial charge on any atom is 0.501 e. The van der Waals surface area contributed by atoms with Gasteiger partial charge in [-0.1, -0.05) is 30.3 Å². The van der Waals surface area contributed by atoms with E-state index in [4.69, 9.17) is 0 Å². The lowest BCUT2D eigenvalue weighted by Gasteiger charge is -2.16. The first-order valence-corrected chi connectivity index (χ1v) is 8.43. The van der Waals surface area contributed by atoms with Crippen LogP contribution in [0.25, 0.3) is 0 Å². The van der Waals surface area contributed by atoms with Crippen LogP contribution in [-0.4, -0.2) is 18.8 Å². The van der Waals surface area contributed by atoms with Crippen LogP contribution in [0.4, 0.5) is 24.5 Å². The first-order chi connectivity index (χ1) is 11.5. The van der Waals surface area contributed by atoms with Crippen LogP contribution in [0.2, 0.25) is 0 Å². The van der Waals surface area contributed by atoms with Crippen molar-refractivity contribution in [3.8, 4) is 0 Å². The van der Waals surface area contributed by atoms with Crippen LogP contribution in [-0.2, 0) is 9.84 Å². The Hall–Kier alpha value is -2.62. The van der Waals surface area contributed by atoms with Crippen LogP contribution in [0.1, 0.15) is 18.5 Å². The maximum absolute atomic E-state index is 12.6. The lowest BCUT2D eigenvalue weighted by atomic mass is 10.1. The molecule has 2 rings (SSSR count). The number of hydrogen-bond acceptors (Lipinski definition) is 5. The molecule has 6 nitrogen and oxygen atoms in total. The zero-order valence-corrected chi connectivity index (χ0v) is 13.6. The monoisotopic (exact) mass is 374 g/mol. The highest BCUT2D eigenvalue weighted by atomic mass is 32.2. The highest BCUT2D eigenvalue weighted by molar-refractivity contribution is 7.92. The Labute approximate surface area is 141 Å². The van der Waals surface area contributed by atoms with Crippen molar-refractivity contribution < 1.29 is 26.5 Å². The lowest BCUT2D eigenvalue weighted by Crippen LogP contribution is -2.23. The molecule has 0 aliphatic rings. The molecule has 0 heterocycles. The molecule has 0 aliphatic carbocycles. The summed E-state index contributed by atoms with van der Waals surface area (Å²) in [6.45, 7) is 1.71. The Bertz CT molecular complexity index is 883. The van der Waals surface area contributed by atoms with Crippen molar-refractivity contribution in [3.63, 3.8) is 0 Å². The Balaban J connectivity index is 2.43. The summed E-state index contributed by atoms with van der Waals surface area (Å²) >= 11 is 0. The van der Waals surface area contributed by atoms with Gasteiger partial charge in [0.2, 0.25) is 0 Å². The smallest absolute Gasteiger partial charge is 0.373 e. The standard InChI is InChI=1S/C15H13F3N2O4S/c1-10(11-5-3-2-4-6-11)19-13-8-7-12(9-14(13)20(21)22)25(23,24)15(16,17)18/h2-10,19H,1H3. The molecule has 0 saturated heterocycles. The van der Waals surface area contributed by atoms with Gasteiger partial charge in [0.25, 0.3) is 15.5 Å². The van der Waals surface area contributed by atoms with Crippen molar-refractivity contribution in [1.82, 2.24) is 0 Å². The number of nitro benzene ring substituents is 1. The second-order valence-corrected chi connectivity index (χ2v) is 7.10. The Morgan fingerprint density at radius 3 is 2.24 bits per heavy atom. The summed E-state index contributed by atoms with van der Waals surface area (Å²) in [6, 6.07) is 10.5. The van der Waals surface area contributed by atoms with Crippen molar-refractivity contribution in [1.29, 1.82) is 0 Å². The molecule has 0 aromatic heterocycles. The van der Waals surface area contributed by atoms with Crippen LogP contribution in [0.5, 0.6) is 0 Å². The number of nitrogens with zero attached hydrogens (tertiary/aromatic N) is 1. The predicted molar refractivity (Wildman–Crippen MR) is 84.8 cm³/mol. The number of anilines is 1. The fraction of sp³-hybridized carbons (Fsp3) is 0.200. The molecule has 0 bridgehead atoms. The molecule has 25 heavy (non-hydrogen) atoms. The molecule has 1 atom stereocenters. The summed E-state index contributed by atoms with van der Waals surface area (Å²) < 4.78 is 60.7. The highest BCUT2D eigenvalue weighted by Crippen LogP contribution is 2.35. The van der Waals surface area contributed by atoms with Crippen molar-refractivity contribution >= 4 is 21.2 Å². The van der Waals surface area contributed by atoms with Crippen LogP contribution in [0.3, 0.4) is 0 Å². The minimum Gasteiger partial charge on any atom is -0.373 e. The summed E-state index contributed by atoms with van der Waals surface area (Å²) in [4.78, 5) is 9.05. The average Bonchev–Trinajstić information content (AvgIpc) is 2.54. The molecule has 0 spiro atoms. The first kappa shape index (κ1) is 18.7. The largest absolute Gasteiger partial charge is 0.501 e. The zero-order chi connectivity index (χ0) is 18.8. The van der Waals surface area contributed by atoms with Crippen LogP contribution in [0, 0.1) is 10.1 Å². The molecule has 0 radical (unpaired) electrons. The second-order valence-electron chi connectivity index (χ2n) is 5.16. The zero-order valence-electron chi connectivity index (χ0n) is 12.8. The van der Waals surface area contributed by atoms with Gasteiger partial charge < -0.3 is 5.32 Å². The molecule has 2 aromatic carbocycles. The fourth-order valence-corrected chi connectivity index (χ4v) is 2.92. The van der Waals surface area contributed by atoms with E-state index >= 15 is 0 Å². The van der Waals surface area contributed by atoms with Gasteiger partial charge in [0, 0.05) is 12.1 Å². The molecule has 0 aliphatic heterocycles. The SMILES string of the molecule is CC(Nc1ccc(S(=O)(=O)C(F)(F)F)cc1[N+](=O)[O-])c1ccccc1. The van der Waals surface area contributed by atoms with E-state index in [0.717, 1.165) is 11.6 Å². The quantitative estimate of drug-likeness (QED) is 0.630. The minimum atomic E-state index is -5.66. The van der Waals surface area contributed by atoms with Crippen molar-refractivity contribution in [2.45, 2.75) is 23.4 Å². The molecule has 2 aromatic rings. The van der Waals surface area contributed by atoms with Gasteiger partial charge in [-0.3, -0.25) is 10.1 Å². The van der Waals surface area contributed by atoms with Gasteiger partial charge in [-0.15, -0.1) is 0 Å². The van der Waals surface area contributed by atoms with Crippen LogP contribution >= 0.6 is 0 Å². The Morgan fingerprint density at radius 2 is 1.72 bits per heavy atom. The van der Waals surface area contributed by atoms with E-state index in [2.05, 4.69) is 5.32 Å². The van der Waals surface area contributed by atoms with E-state index in [1.807, 2.05) is 0 Å². The minimum absolute atomic E-state index is 0.0810. The maximum atomic E-state index is 12.6. The number of benzene rings is 2. The second kappa shape index (κ2) is 6.71. The fourth-order valence-electron chi connectivity index (χ4n) is 2.14. The number of nitro groups is 1. The number of halogens is 3. The van der Waals surface area contributed by atoms with Gasteiger partial charge in [0.15, 0.2) is 0 Å². The van der Waals surface area contributed by atoms with Crippen LogP contribution in [0.15, 0.2) is 53.4 Å². The topological polar surface area (TPSA) is 89.3 Å². The van der Waals surface area contributed by atoms with Gasteiger partial charge in [-0.25, -0.2) is 8.42 Å². The van der Waals surface area contributed by atoms with E-state index in [9.17, 15) is 31.7 Å². The molecule has 0 amide bonds. The molecule has 134 valence electrons. The summed E-state index contributed by atoms with van der Waals surface area (Å²) in [5.41, 5.74) is -5.58. The van der Waals surface area contributed by atoms with E-state index in [1.165, 1.54) is 0 Å². The third-order valence-corrected chi connectivity index (χ3v) is 4.94.